The zero-order valence-electron chi connectivity index (χ0n) is 10.2. The molecule has 1 unspecified atom stereocenters. The maximum atomic E-state index is 12.2. The van der Waals surface area contributed by atoms with E-state index in [4.69, 9.17) is 5.73 Å². The first-order valence-electron chi connectivity index (χ1n) is 6.46. The summed E-state index contributed by atoms with van der Waals surface area (Å²) in [5.74, 6) is 0.656. The summed E-state index contributed by atoms with van der Waals surface area (Å²) in [6, 6.07) is 0.441. The molecule has 92 valence electrons. The minimum Gasteiger partial charge on any atom is -0.328 e. The van der Waals surface area contributed by atoms with E-state index in [-0.39, 0.29) is 12.1 Å². The number of amides is 2. The fourth-order valence-electron chi connectivity index (χ4n) is 2.60. The topological polar surface area (TPSA) is 49.6 Å². The summed E-state index contributed by atoms with van der Waals surface area (Å²) in [7, 11) is 1.91. The summed E-state index contributed by atoms with van der Waals surface area (Å²) in [4.78, 5) is 16.1. The van der Waals surface area contributed by atoms with Crippen LogP contribution in [0.25, 0.3) is 0 Å². The van der Waals surface area contributed by atoms with Crippen molar-refractivity contribution >= 4 is 6.03 Å². The molecule has 1 aliphatic heterocycles. The molecular formula is C12H23N3O. The zero-order valence-corrected chi connectivity index (χ0v) is 10.2. The highest BCUT2D eigenvalue weighted by Crippen LogP contribution is 2.34. The molecule has 1 aliphatic carbocycles. The van der Waals surface area contributed by atoms with Gasteiger partial charge in [-0.1, -0.05) is 0 Å². The predicted molar refractivity (Wildman–Crippen MR) is 64.1 cm³/mol. The monoisotopic (exact) mass is 225 g/mol. The van der Waals surface area contributed by atoms with Crippen molar-refractivity contribution in [3.8, 4) is 0 Å². The molecule has 0 radical (unpaired) electrons. The summed E-state index contributed by atoms with van der Waals surface area (Å²) in [6.07, 6.45) is 6.03. The third-order valence-corrected chi connectivity index (χ3v) is 3.83. The van der Waals surface area contributed by atoms with Crippen LogP contribution in [0.15, 0.2) is 0 Å². The summed E-state index contributed by atoms with van der Waals surface area (Å²) in [6.45, 7) is 2.44. The van der Waals surface area contributed by atoms with Crippen molar-refractivity contribution in [2.45, 2.75) is 38.1 Å². The Morgan fingerprint density at radius 3 is 2.50 bits per heavy atom. The smallest absolute Gasteiger partial charge is 0.320 e. The van der Waals surface area contributed by atoms with Crippen LogP contribution in [0.4, 0.5) is 4.79 Å². The van der Waals surface area contributed by atoms with Gasteiger partial charge < -0.3 is 15.5 Å². The van der Waals surface area contributed by atoms with Crippen molar-refractivity contribution in [3.63, 3.8) is 0 Å². The second-order valence-electron chi connectivity index (χ2n) is 5.08. The first-order chi connectivity index (χ1) is 7.74. The molecule has 4 heteroatoms. The molecule has 1 heterocycles. The van der Waals surface area contributed by atoms with E-state index in [9.17, 15) is 4.79 Å². The quantitative estimate of drug-likeness (QED) is 0.786. The van der Waals surface area contributed by atoms with Crippen LogP contribution in [0.1, 0.15) is 32.1 Å². The number of rotatable bonds is 3. The maximum absolute atomic E-state index is 12.2. The Balaban J connectivity index is 1.91. The third kappa shape index (κ3) is 2.48. The van der Waals surface area contributed by atoms with E-state index in [1.54, 1.807) is 0 Å². The van der Waals surface area contributed by atoms with Gasteiger partial charge in [-0.25, -0.2) is 4.79 Å². The number of likely N-dealkylation sites (tertiary alicyclic amines) is 1. The number of nitrogens with two attached hydrogens (primary N) is 1. The van der Waals surface area contributed by atoms with Crippen molar-refractivity contribution < 1.29 is 4.79 Å². The van der Waals surface area contributed by atoms with Crippen LogP contribution in [0.5, 0.6) is 0 Å². The van der Waals surface area contributed by atoms with E-state index in [0.29, 0.717) is 12.5 Å². The molecule has 2 N–H and O–H groups in total. The Bertz CT molecular complexity index is 247. The number of carbonyl (C=O) groups excluding carboxylic acids is 1. The lowest BCUT2D eigenvalue weighted by Crippen LogP contribution is -2.50. The Kier molecular flexibility index (Phi) is 3.69. The van der Waals surface area contributed by atoms with Crippen molar-refractivity contribution in [2.75, 3.05) is 26.7 Å². The number of piperidine rings is 1. The van der Waals surface area contributed by atoms with Gasteiger partial charge in [-0.15, -0.1) is 0 Å². The number of urea groups is 1. The molecule has 0 aromatic heterocycles. The van der Waals surface area contributed by atoms with Gasteiger partial charge in [0.1, 0.15) is 0 Å². The number of hydrogen-bond donors (Lipinski definition) is 1. The molecular weight excluding hydrogens is 202 g/mol. The van der Waals surface area contributed by atoms with Gasteiger partial charge >= 0.3 is 6.03 Å². The second kappa shape index (κ2) is 5.04. The molecule has 16 heavy (non-hydrogen) atoms. The van der Waals surface area contributed by atoms with Crippen LogP contribution >= 0.6 is 0 Å². The van der Waals surface area contributed by atoms with Crippen molar-refractivity contribution in [2.24, 2.45) is 11.7 Å². The van der Waals surface area contributed by atoms with Crippen LogP contribution < -0.4 is 5.73 Å². The highest BCUT2D eigenvalue weighted by molar-refractivity contribution is 5.74. The molecule has 2 aliphatic rings. The van der Waals surface area contributed by atoms with Gasteiger partial charge in [0, 0.05) is 32.7 Å². The number of likely N-dealkylation sites (N-methyl/N-ethyl adjacent to an activating group) is 1. The molecule has 1 saturated heterocycles. The average Bonchev–Trinajstić information content (AvgIpc) is 3.14. The van der Waals surface area contributed by atoms with E-state index in [1.807, 2.05) is 16.8 Å². The molecule has 4 nitrogen and oxygen atoms in total. The van der Waals surface area contributed by atoms with Gasteiger partial charge in [0.15, 0.2) is 0 Å². The van der Waals surface area contributed by atoms with Gasteiger partial charge in [0.25, 0.3) is 0 Å². The van der Waals surface area contributed by atoms with Crippen LogP contribution in [0, 0.1) is 5.92 Å². The van der Waals surface area contributed by atoms with E-state index in [2.05, 4.69) is 0 Å². The SMILES string of the molecule is CN(C(=O)N1CCCCC1)C(CN)C1CC1. The molecule has 1 saturated carbocycles. The standard InChI is InChI=1S/C12H23N3O/c1-14(11(9-13)10-5-6-10)12(16)15-7-3-2-4-8-15/h10-11H,2-9,13H2,1H3. The lowest BCUT2D eigenvalue weighted by molar-refractivity contribution is 0.133. The molecule has 0 bridgehead atoms. The fourth-order valence-corrected chi connectivity index (χ4v) is 2.60. The van der Waals surface area contributed by atoms with Gasteiger partial charge in [0.05, 0.1) is 0 Å². The largest absolute Gasteiger partial charge is 0.328 e. The minimum atomic E-state index is 0.182. The third-order valence-electron chi connectivity index (χ3n) is 3.83. The molecule has 2 amide bonds. The van der Waals surface area contributed by atoms with Crippen molar-refractivity contribution in [1.82, 2.24) is 9.80 Å². The van der Waals surface area contributed by atoms with Gasteiger partial charge in [0.2, 0.25) is 0 Å². The Morgan fingerprint density at radius 2 is 2.00 bits per heavy atom. The first kappa shape index (κ1) is 11.7. The number of hydrogen-bond acceptors (Lipinski definition) is 2. The van der Waals surface area contributed by atoms with E-state index < -0.39 is 0 Å². The second-order valence-corrected chi connectivity index (χ2v) is 5.08. The van der Waals surface area contributed by atoms with Gasteiger partial charge in [-0.3, -0.25) is 0 Å². The normalized spacial score (nSPS) is 23.0. The van der Waals surface area contributed by atoms with Gasteiger partial charge in [-0.2, -0.15) is 0 Å². The summed E-state index contributed by atoms with van der Waals surface area (Å²) in [5.41, 5.74) is 5.77. The Hall–Kier alpha value is -0.770. The number of nitrogens with zero attached hydrogens (tertiary/aromatic N) is 2. The zero-order chi connectivity index (χ0) is 11.5. The first-order valence-corrected chi connectivity index (χ1v) is 6.46. The molecule has 2 fully saturated rings. The highest BCUT2D eigenvalue weighted by Gasteiger charge is 2.36. The molecule has 2 rings (SSSR count). The van der Waals surface area contributed by atoms with Crippen LogP contribution in [-0.4, -0.2) is 48.6 Å². The molecule has 0 aromatic carbocycles. The summed E-state index contributed by atoms with van der Waals surface area (Å²) in [5, 5.41) is 0. The average molecular weight is 225 g/mol. The van der Waals surface area contributed by atoms with E-state index in [1.165, 1.54) is 19.3 Å². The minimum absolute atomic E-state index is 0.182. The molecule has 0 aromatic rings. The Labute approximate surface area is 97.8 Å². The number of carbonyl (C=O) groups is 1. The predicted octanol–water partition coefficient (Wildman–Crippen LogP) is 1.26. The van der Waals surface area contributed by atoms with Crippen molar-refractivity contribution in [1.29, 1.82) is 0 Å². The van der Waals surface area contributed by atoms with Crippen molar-refractivity contribution in [3.05, 3.63) is 0 Å². The summed E-state index contributed by atoms with van der Waals surface area (Å²) < 4.78 is 0. The fraction of sp³-hybridized carbons (Fsp3) is 0.917. The molecule has 0 spiro atoms. The Morgan fingerprint density at radius 1 is 1.38 bits per heavy atom. The lowest BCUT2D eigenvalue weighted by atomic mass is 10.1. The highest BCUT2D eigenvalue weighted by atomic mass is 16.2. The lowest BCUT2D eigenvalue weighted by Gasteiger charge is -2.35. The maximum Gasteiger partial charge on any atom is 0.320 e. The van der Waals surface area contributed by atoms with Gasteiger partial charge in [-0.05, 0) is 38.0 Å². The summed E-state index contributed by atoms with van der Waals surface area (Å²) >= 11 is 0. The molecule has 1 atom stereocenters. The van der Waals surface area contributed by atoms with E-state index >= 15 is 0 Å². The van der Waals surface area contributed by atoms with Crippen LogP contribution in [0.3, 0.4) is 0 Å². The van der Waals surface area contributed by atoms with Crippen LogP contribution in [-0.2, 0) is 0 Å². The van der Waals surface area contributed by atoms with E-state index in [0.717, 1.165) is 25.9 Å². The van der Waals surface area contributed by atoms with Crippen LogP contribution in [0.2, 0.25) is 0 Å².